The maximum atomic E-state index is 6.27. The fraction of sp³-hybridized carbons (Fsp3) is 0.333. The Morgan fingerprint density at radius 3 is 2.84 bits per heavy atom. The van der Waals surface area contributed by atoms with Gasteiger partial charge < -0.3 is 15.2 Å². The summed E-state index contributed by atoms with van der Waals surface area (Å²) in [5.74, 6) is 1.69. The molecule has 0 aliphatic carbocycles. The molecule has 19 heavy (non-hydrogen) atoms. The van der Waals surface area contributed by atoms with Gasteiger partial charge in [0.05, 0.1) is 7.11 Å². The van der Waals surface area contributed by atoms with E-state index in [1.807, 2.05) is 18.2 Å². The Morgan fingerprint density at radius 1 is 1.32 bits per heavy atom. The van der Waals surface area contributed by atoms with Crippen LogP contribution in [0.5, 0.6) is 11.5 Å². The average molecular weight is 275 g/mol. The van der Waals surface area contributed by atoms with Crippen molar-refractivity contribution in [2.45, 2.75) is 25.5 Å². The zero-order valence-electron chi connectivity index (χ0n) is 11.1. The summed E-state index contributed by atoms with van der Waals surface area (Å²) < 4.78 is 11.3. The lowest BCUT2D eigenvalue weighted by Crippen LogP contribution is -2.23. The second-order valence-corrected chi connectivity index (χ2v) is 6.12. The number of nitrogens with two attached hydrogens (primary N) is 1. The summed E-state index contributed by atoms with van der Waals surface area (Å²) >= 11 is 1.77. The predicted octanol–water partition coefficient (Wildman–Crippen LogP) is 3.59. The molecule has 2 N–H and O–H groups in total. The molecule has 2 heterocycles. The third kappa shape index (κ3) is 2.33. The van der Waals surface area contributed by atoms with E-state index in [-0.39, 0.29) is 12.1 Å². The van der Waals surface area contributed by atoms with Gasteiger partial charge in [-0.15, -0.1) is 11.3 Å². The van der Waals surface area contributed by atoms with E-state index in [9.17, 15) is 0 Å². The molecule has 1 unspecified atom stereocenters. The number of methoxy groups -OCH3 is 1. The molecular formula is C15H17NO2S. The standard InChI is InChI=1S/C15H17NO2S/c1-9-3-6-15(19-9)14-8-12(16)11-7-10(17-2)4-5-13(11)18-14/h3-7,12,14H,8,16H2,1-2H3/t12-,14?/m1/s1. The largest absolute Gasteiger partial charge is 0.497 e. The maximum absolute atomic E-state index is 6.27. The molecule has 1 aromatic carbocycles. The molecule has 2 aromatic rings. The van der Waals surface area contributed by atoms with Crippen LogP contribution >= 0.6 is 11.3 Å². The highest BCUT2D eigenvalue weighted by molar-refractivity contribution is 7.12. The van der Waals surface area contributed by atoms with Gasteiger partial charge in [-0.05, 0) is 37.3 Å². The first-order chi connectivity index (χ1) is 9.17. The van der Waals surface area contributed by atoms with Gasteiger partial charge in [0.15, 0.2) is 0 Å². The zero-order chi connectivity index (χ0) is 13.4. The van der Waals surface area contributed by atoms with Gasteiger partial charge in [-0.25, -0.2) is 0 Å². The van der Waals surface area contributed by atoms with E-state index in [2.05, 4.69) is 19.1 Å². The van der Waals surface area contributed by atoms with Crippen LogP contribution in [0.2, 0.25) is 0 Å². The number of ether oxygens (including phenoxy) is 2. The molecule has 1 aliphatic rings. The Kier molecular flexibility index (Phi) is 3.21. The van der Waals surface area contributed by atoms with Crippen LogP contribution in [0.3, 0.4) is 0 Å². The molecule has 0 saturated carbocycles. The summed E-state index contributed by atoms with van der Waals surface area (Å²) in [6.07, 6.45) is 0.870. The van der Waals surface area contributed by atoms with E-state index < -0.39 is 0 Å². The fourth-order valence-electron chi connectivity index (χ4n) is 2.41. The van der Waals surface area contributed by atoms with Gasteiger partial charge in [-0.3, -0.25) is 0 Å². The van der Waals surface area contributed by atoms with E-state index in [0.717, 1.165) is 23.5 Å². The van der Waals surface area contributed by atoms with Gasteiger partial charge in [0.1, 0.15) is 17.6 Å². The average Bonchev–Trinajstić information content (AvgIpc) is 2.85. The van der Waals surface area contributed by atoms with Crippen molar-refractivity contribution in [3.8, 4) is 11.5 Å². The topological polar surface area (TPSA) is 44.5 Å². The second-order valence-electron chi connectivity index (χ2n) is 4.80. The lowest BCUT2D eigenvalue weighted by atomic mass is 9.96. The monoisotopic (exact) mass is 275 g/mol. The van der Waals surface area contributed by atoms with Crippen molar-refractivity contribution in [1.82, 2.24) is 0 Å². The third-order valence-corrected chi connectivity index (χ3v) is 4.52. The maximum Gasteiger partial charge on any atom is 0.135 e. The molecule has 0 bridgehead atoms. The van der Waals surface area contributed by atoms with Crippen LogP contribution in [0.1, 0.15) is 33.9 Å². The Labute approximate surface area is 117 Å². The van der Waals surface area contributed by atoms with E-state index in [4.69, 9.17) is 15.2 Å². The third-order valence-electron chi connectivity index (χ3n) is 3.43. The smallest absolute Gasteiger partial charge is 0.135 e. The minimum atomic E-state index is -0.00810. The van der Waals surface area contributed by atoms with Gasteiger partial charge >= 0.3 is 0 Å². The minimum Gasteiger partial charge on any atom is -0.497 e. The molecule has 0 amide bonds. The van der Waals surface area contributed by atoms with E-state index in [1.54, 1.807) is 18.4 Å². The summed E-state index contributed by atoms with van der Waals surface area (Å²) in [4.78, 5) is 2.54. The van der Waals surface area contributed by atoms with Crippen molar-refractivity contribution in [3.05, 3.63) is 45.6 Å². The summed E-state index contributed by atoms with van der Waals surface area (Å²) in [7, 11) is 1.66. The van der Waals surface area contributed by atoms with Crippen molar-refractivity contribution >= 4 is 11.3 Å². The molecule has 3 nitrogen and oxygen atoms in total. The highest BCUT2D eigenvalue weighted by Gasteiger charge is 2.28. The molecular weight excluding hydrogens is 258 g/mol. The minimum absolute atomic E-state index is 0.00810. The molecule has 0 radical (unpaired) electrons. The van der Waals surface area contributed by atoms with Crippen molar-refractivity contribution in [2.24, 2.45) is 5.73 Å². The predicted molar refractivity (Wildman–Crippen MR) is 77.0 cm³/mol. The molecule has 3 rings (SSSR count). The number of aryl methyl sites for hydroxylation is 1. The zero-order valence-corrected chi connectivity index (χ0v) is 11.9. The molecule has 1 aliphatic heterocycles. The van der Waals surface area contributed by atoms with Crippen molar-refractivity contribution in [3.63, 3.8) is 0 Å². The molecule has 1 aromatic heterocycles. The van der Waals surface area contributed by atoms with E-state index in [0.29, 0.717) is 0 Å². The Hall–Kier alpha value is -1.52. The van der Waals surface area contributed by atoms with Crippen LogP contribution in [0.15, 0.2) is 30.3 Å². The van der Waals surface area contributed by atoms with Crippen molar-refractivity contribution in [2.75, 3.05) is 7.11 Å². The first kappa shape index (κ1) is 12.5. The lowest BCUT2D eigenvalue weighted by Gasteiger charge is -2.30. The lowest BCUT2D eigenvalue weighted by molar-refractivity contribution is 0.164. The molecule has 100 valence electrons. The van der Waals surface area contributed by atoms with E-state index >= 15 is 0 Å². The van der Waals surface area contributed by atoms with Crippen LogP contribution < -0.4 is 15.2 Å². The highest BCUT2D eigenvalue weighted by Crippen LogP contribution is 2.42. The second kappa shape index (κ2) is 4.87. The highest BCUT2D eigenvalue weighted by atomic mass is 32.1. The quantitative estimate of drug-likeness (QED) is 0.911. The number of thiophene rings is 1. The number of hydrogen-bond acceptors (Lipinski definition) is 4. The van der Waals surface area contributed by atoms with Gasteiger partial charge in [0.2, 0.25) is 0 Å². The van der Waals surface area contributed by atoms with Crippen molar-refractivity contribution in [1.29, 1.82) is 0 Å². The number of hydrogen-bond donors (Lipinski definition) is 1. The summed E-state index contributed by atoms with van der Waals surface area (Å²) in [5.41, 5.74) is 7.30. The SMILES string of the molecule is COc1ccc2c(c1)[C@H](N)CC(c1ccc(C)s1)O2. The first-order valence-electron chi connectivity index (χ1n) is 6.34. The normalized spacial score (nSPS) is 21.6. The fourth-order valence-corrected chi connectivity index (χ4v) is 3.33. The Bertz CT molecular complexity index is 594. The van der Waals surface area contributed by atoms with E-state index in [1.165, 1.54) is 9.75 Å². The molecule has 2 atom stereocenters. The van der Waals surface area contributed by atoms with Gasteiger partial charge in [0.25, 0.3) is 0 Å². The van der Waals surface area contributed by atoms with Gasteiger partial charge in [-0.2, -0.15) is 0 Å². The van der Waals surface area contributed by atoms with Crippen LogP contribution in [0.4, 0.5) is 0 Å². The molecule has 4 heteroatoms. The Morgan fingerprint density at radius 2 is 2.16 bits per heavy atom. The summed E-state index contributed by atoms with van der Waals surface area (Å²) in [5, 5.41) is 0. The molecule has 0 saturated heterocycles. The molecule has 0 fully saturated rings. The van der Waals surface area contributed by atoms with Crippen LogP contribution in [0, 0.1) is 6.92 Å². The summed E-state index contributed by atoms with van der Waals surface area (Å²) in [6.45, 7) is 2.11. The summed E-state index contributed by atoms with van der Waals surface area (Å²) in [6, 6.07) is 10.1. The van der Waals surface area contributed by atoms with Gasteiger partial charge in [0, 0.05) is 27.8 Å². The number of benzene rings is 1. The van der Waals surface area contributed by atoms with Crippen LogP contribution in [0.25, 0.3) is 0 Å². The Balaban J connectivity index is 1.92. The molecule has 0 spiro atoms. The van der Waals surface area contributed by atoms with Gasteiger partial charge in [-0.1, -0.05) is 0 Å². The van der Waals surface area contributed by atoms with Crippen LogP contribution in [-0.2, 0) is 0 Å². The number of rotatable bonds is 2. The van der Waals surface area contributed by atoms with Crippen LogP contribution in [-0.4, -0.2) is 7.11 Å². The first-order valence-corrected chi connectivity index (χ1v) is 7.15. The number of fused-ring (bicyclic) bond motifs is 1. The van der Waals surface area contributed by atoms with Crippen molar-refractivity contribution < 1.29 is 9.47 Å².